The quantitative estimate of drug-likeness (QED) is 0.607. The standard InChI is InChI=1S/C27H32N2O6/c1-16-11-19-12-18(3-4-21(19)27(33)35-16)24(30)13-28-7-9-29(10-8-28)14-25(31)20-5-6-22-23(17(20)2)15-34-26(22)32/h3-6,12,16,24-25,30-31H,7-11,13-15H2,1-2H3/t16-,24-,25-/m0/s1. The molecule has 1 fully saturated rings. The number of hydrogen-bond donors (Lipinski definition) is 2. The lowest BCUT2D eigenvalue weighted by atomic mass is 9.95. The van der Waals surface area contributed by atoms with Gasteiger partial charge in [-0.1, -0.05) is 18.2 Å². The van der Waals surface area contributed by atoms with Gasteiger partial charge in [-0.05, 0) is 48.2 Å². The normalized spacial score (nSPS) is 22.2. The second-order valence-corrected chi connectivity index (χ2v) is 9.85. The monoisotopic (exact) mass is 480 g/mol. The molecule has 3 atom stereocenters. The molecule has 3 aliphatic rings. The first-order chi connectivity index (χ1) is 16.8. The van der Waals surface area contributed by atoms with Crippen LogP contribution < -0.4 is 0 Å². The summed E-state index contributed by atoms with van der Waals surface area (Å²) >= 11 is 0. The molecule has 1 saturated heterocycles. The number of carbonyl (C=O) groups is 2. The van der Waals surface area contributed by atoms with Crippen LogP contribution in [0.15, 0.2) is 30.3 Å². The summed E-state index contributed by atoms with van der Waals surface area (Å²) in [6, 6.07) is 9.08. The van der Waals surface area contributed by atoms with Gasteiger partial charge in [0.1, 0.15) is 12.7 Å². The van der Waals surface area contributed by atoms with Crippen molar-refractivity contribution in [1.29, 1.82) is 0 Å². The summed E-state index contributed by atoms with van der Waals surface area (Å²) in [6.07, 6.45) is -0.764. The summed E-state index contributed by atoms with van der Waals surface area (Å²) in [7, 11) is 0. The number of nitrogens with zero attached hydrogens (tertiary/aromatic N) is 2. The molecule has 0 amide bonds. The third kappa shape index (κ3) is 4.84. The molecule has 5 rings (SSSR count). The van der Waals surface area contributed by atoms with E-state index in [9.17, 15) is 19.8 Å². The maximum atomic E-state index is 12.0. The number of ether oxygens (including phenoxy) is 2. The maximum absolute atomic E-state index is 12.0. The molecule has 2 N–H and O–H groups in total. The van der Waals surface area contributed by atoms with Crippen molar-refractivity contribution in [2.24, 2.45) is 0 Å². The fourth-order valence-corrected chi connectivity index (χ4v) is 5.36. The number of aliphatic hydroxyl groups excluding tert-OH is 2. The minimum Gasteiger partial charge on any atom is -0.459 e. The van der Waals surface area contributed by atoms with Crippen molar-refractivity contribution < 1.29 is 29.3 Å². The van der Waals surface area contributed by atoms with E-state index in [1.54, 1.807) is 12.1 Å². The Bertz CT molecular complexity index is 1140. The minimum absolute atomic E-state index is 0.151. The number of carbonyl (C=O) groups excluding carboxylic acids is 2. The number of benzene rings is 2. The van der Waals surface area contributed by atoms with Gasteiger partial charge in [-0.2, -0.15) is 0 Å². The molecule has 186 valence electrons. The smallest absolute Gasteiger partial charge is 0.338 e. The van der Waals surface area contributed by atoms with Crippen molar-refractivity contribution in [3.8, 4) is 0 Å². The van der Waals surface area contributed by atoms with Gasteiger partial charge >= 0.3 is 11.9 Å². The summed E-state index contributed by atoms with van der Waals surface area (Å²) in [6.45, 7) is 8.30. The number of aliphatic hydroxyl groups is 2. The van der Waals surface area contributed by atoms with Gasteiger partial charge in [-0.3, -0.25) is 9.80 Å². The molecule has 0 aromatic heterocycles. The number of β-amino-alcohol motifs (C(OH)–C–C–N with tert-alkyl or cyclic N) is 2. The number of piperazine rings is 1. The molecule has 3 aliphatic heterocycles. The lowest BCUT2D eigenvalue weighted by Crippen LogP contribution is -2.48. The summed E-state index contributed by atoms with van der Waals surface area (Å²) in [4.78, 5) is 28.3. The summed E-state index contributed by atoms with van der Waals surface area (Å²) < 4.78 is 10.4. The van der Waals surface area contributed by atoms with Crippen LogP contribution in [0.25, 0.3) is 0 Å². The average Bonchev–Trinajstić information content (AvgIpc) is 3.21. The molecule has 2 aromatic carbocycles. The Kier molecular flexibility index (Phi) is 6.63. The largest absolute Gasteiger partial charge is 0.459 e. The van der Waals surface area contributed by atoms with Gasteiger partial charge in [0, 0.05) is 51.3 Å². The number of rotatable bonds is 6. The third-order valence-electron chi connectivity index (χ3n) is 7.44. The zero-order valence-electron chi connectivity index (χ0n) is 20.2. The number of esters is 2. The molecular weight excluding hydrogens is 448 g/mol. The molecule has 8 heteroatoms. The van der Waals surface area contributed by atoms with E-state index >= 15 is 0 Å². The highest BCUT2D eigenvalue weighted by Crippen LogP contribution is 2.30. The van der Waals surface area contributed by atoms with Crippen LogP contribution in [-0.4, -0.2) is 77.3 Å². The second kappa shape index (κ2) is 9.70. The molecule has 0 unspecified atom stereocenters. The van der Waals surface area contributed by atoms with Gasteiger partial charge in [-0.15, -0.1) is 0 Å². The lowest BCUT2D eigenvalue weighted by molar-refractivity contribution is 0.0299. The van der Waals surface area contributed by atoms with Crippen molar-refractivity contribution in [2.45, 2.75) is 45.2 Å². The van der Waals surface area contributed by atoms with Crippen LogP contribution in [0.2, 0.25) is 0 Å². The lowest BCUT2D eigenvalue weighted by Gasteiger charge is -2.36. The van der Waals surface area contributed by atoms with Crippen LogP contribution in [0.5, 0.6) is 0 Å². The third-order valence-corrected chi connectivity index (χ3v) is 7.44. The van der Waals surface area contributed by atoms with E-state index in [1.807, 2.05) is 32.0 Å². The van der Waals surface area contributed by atoms with E-state index in [4.69, 9.17) is 9.47 Å². The van der Waals surface area contributed by atoms with Crippen molar-refractivity contribution in [2.75, 3.05) is 39.3 Å². The maximum Gasteiger partial charge on any atom is 0.338 e. The van der Waals surface area contributed by atoms with Crippen LogP contribution in [0, 0.1) is 6.92 Å². The highest BCUT2D eigenvalue weighted by atomic mass is 16.5. The SMILES string of the molecule is Cc1c([C@@H](O)CN2CCN(C[C@H](O)c3ccc4c(c3)C[C@H](C)OC4=O)CC2)ccc2c1COC2=O. The number of hydrogen-bond acceptors (Lipinski definition) is 8. The molecule has 0 bridgehead atoms. The number of fused-ring (bicyclic) bond motifs is 2. The predicted molar refractivity (Wildman–Crippen MR) is 128 cm³/mol. The molecule has 0 aliphatic carbocycles. The molecule has 3 heterocycles. The Morgan fingerprint density at radius 3 is 2.31 bits per heavy atom. The first-order valence-electron chi connectivity index (χ1n) is 12.2. The molecular formula is C27H32N2O6. The zero-order chi connectivity index (χ0) is 24.7. The van der Waals surface area contributed by atoms with E-state index in [1.165, 1.54) is 0 Å². The van der Waals surface area contributed by atoms with Crippen molar-refractivity contribution >= 4 is 11.9 Å². The van der Waals surface area contributed by atoms with Gasteiger partial charge in [0.2, 0.25) is 0 Å². The van der Waals surface area contributed by atoms with E-state index < -0.39 is 12.2 Å². The summed E-state index contributed by atoms with van der Waals surface area (Å²) in [5.41, 5.74) is 5.57. The average molecular weight is 481 g/mol. The first kappa shape index (κ1) is 23.9. The molecule has 0 radical (unpaired) electrons. The van der Waals surface area contributed by atoms with Crippen LogP contribution in [-0.2, 0) is 22.5 Å². The first-order valence-corrected chi connectivity index (χ1v) is 12.2. The molecule has 2 aromatic rings. The van der Waals surface area contributed by atoms with Gasteiger partial charge in [0.25, 0.3) is 0 Å². The van der Waals surface area contributed by atoms with Crippen molar-refractivity contribution in [1.82, 2.24) is 9.80 Å². The molecule has 0 spiro atoms. The predicted octanol–water partition coefficient (Wildman–Crippen LogP) is 2.15. The van der Waals surface area contributed by atoms with Crippen LogP contribution in [0.3, 0.4) is 0 Å². The van der Waals surface area contributed by atoms with E-state index in [2.05, 4.69) is 9.80 Å². The van der Waals surface area contributed by atoms with Crippen molar-refractivity contribution in [3.05, 3.63) is 69.3 Å². The summed E-state index contributed by atoms with van der Waals surface area (Å²) in [5.74, 6) is -0.593. The number of cyclic esters (lactones) is 2. The zero-order valence-corrected chi connectivity index (χ0v) is 20.2. The molecule has 35 heavy (non-hydrogen) atoms. The highest BCUT2D eigenvalue weighted by Gasteiger charge is 2.28. The Balaban J connectivity index is 1.15. The van der Waals surface area contributed by atoms with Gasteiger partial charge in [-0.25, -0.2) is 9.59 Å². The van der Waals surface area contributed by atoms with Gasteiger partial charge < -0.3 is 19.7 Å². The second-order valence-electron chi connectivity index (χ2n) is 9.85. The van der Waals surface area contributed by atoms with Gasteiger partial charge in [0.05, 0.1) is 23.3 Å². The summed E-state index contributed by atoms with van der Waals surface area (Å²) in [5, 5.41) is 21.7. The fourth-order valence-electron chi connectivity index (χ4n) is 5.36. The van der Waals surface area contributed by atoms with Crippen LogP contribution >= 0.6 is 0 Å². The minimum atomic E-state index is -0.641. The molecule has 0 saturated carbocycles. The van der Waals surface area contributed by atoms with Crippen molar-refractivity contribution in [3.63, 3.8) is 0 Å². The Morgan fingerprint density at radius 2 is 1.60 bits per heavy atom. The topological polar surface area (TPSA) is 99.5 Å². The van der Waals surface area contributed by atoms with Crippen LogP contribution in [0.4, 0.5) is 0 Å². The Hall–Kier alpha value is -2.78. The Morgan fingerprint density at radius 1 is 0.943 bits per heavy atom. The van der Waals surface area contributed by atoms with Crippen LogP contribution in [0.1, 0.15) is 67.7 Å². The molecule has 8 nitrogen and oxygen atoms in total. The fraction of sp³-hybridized carbons (Fsp3) is 0.481. The van der Waals surface area contributed by atoms with E-state index in [0.717, 1.165) is 54.0 Å². The van der Waals surface area contributed by atoms with Gasteiger partial charge in [0.15, 0.2) is 0 Å². The Labute approximate surface area is 205 Å². The highest BCUT2D eigenvalue weighted by molar-refractivity contribution is 5.94. The van der Waals surface area contributed by atoms with E-state index in [-0.39, 0.29) is 24.6 Å². The van der Waals surface area contributed by atoms with E-state index in [0.29, 0.717) is 30.6 Å².